The first kappa shape index (κ1) is 17.5. The summed E-state index contributed by atoms with van der Waals surface area (Å²) in [6.45, 7) is 0. The van der Waals surface area contributed by atoms with Crippen molar-refractivity contribution in [3.05, 3.63) is 52.5 Å². The number of anilines is 1. The van der Waals surface area contributed by atoms with Crippen LogP contribution in [0, 0.1) is 0 Å². The lowest BCUT2D eigenvalue weighted by molar-refractivity contribution is -0.113. The van der Waals surface area contributed by atoms with E-state index in [0.717, 1.165) is 17.4 Å². The Bertz CT molecular complexity index is 901. The fraction of sp³-hybridized carbons (Fsp3) is 0.0667. The molecule has 2 aromatic carbocycles. The number of aromatic hydroxyl groups is 1. The summed E-state index contributed by atoms with van der Waals surface area (Å²) in [5.74, 6) is -0.332. The van der Waals surface area contributed by atoms with E-state index in [4.69, 9.17) is 23.2 Å². The molecule has 0 spiro atoms. The molecule has 0 aliphatic rings. The van der Waals surface area contributed by atoms with Crippen LogP contribution in [0.1, 0.15) is 0 Å². The molecule has 3 aromatic rings. The number of tetrazole rings is 1. The smallest absolute Gasteiger partial charge is 0.234 e. The van der Waals surface area contributed by atoms with Crippen molar-refractivity contribution in [1.82, 2.24) is 20.2 Å². The molecule has 0 unspecified atom stereocenters. The van der Waals surface area contributed by atoms with Gasteiger partial charge in [-0.25, -0.2) is 0 Å². The minimum Gasteiger partial charge on any atom is -0.506 e. The van der Waals surface area contributed by atoms with Crippen molar-refractivity contribution in [3.8, 4) is 11.4 Å². The SMILES string of the molecule is O=C(CSc1nnnn1-c1ccc(Cl)cc1)Nc1cc(Cl)ccc1O. The highest BCUT2D eigenvalue weighted by molar-refractivity contribution is 7.99. The normalized spacial score (nSPS) is 10.6. The molecule has 3 rings (SSSR count). The second kappa shape index (κ2) is 7.73. The summed E-state index contributed by atoms with van der Waals surface area (Å²) in [6, 6.07) is 11.4. The van der Waals surface area contributed by atoms with Crippen LogP contribution in [0.25, 0.3) is 5.69 Å². The lowest BCUT2D eigenvalue weighted by Gasteiger charge is -2.08. The maximum Gasteiger partial charge on any atom is 0.234 e. The first-order valence-electron chi connectivity index (χ1n) is 6.98. The molecule has 0 aliphatic carbocycles. The quantitative estimate of drug-likeness (QED) is 0.507. The van der Waals surface area contributed by atoms with Gasteiger partial charge in [-0.2, -0.15) is 4.68 Å². The number of benzene rings is 2. The summed E-state index contributed by atoms with van der Waals surface area (Å²) in [6.07, 6.45) is 0. The van der Waals surface area contributed by atoms with Gasteiger partial charge in [-0.3, -0.25) is 4.79 Å². The number of rotatable bonds is 5. The average molecular weight is 396 g/mol. The van der Waals surface area contributed by atoms with E-state index in [2.05, 4.69) is 20.8 Å². The van der Waals surface area contributed by atoms with E-state index in [1.165, 1.54) is 22.9 Å². The third-order valence-electron chi connectivity index (χ3n) is 3.08. The number of phenolic OH excluding ortho intramolecular Hbond substituents is 1. The molecule has 1 aromatic heterocycles. The van der Waals surface area contributed by atoms with Crippen LogP contribution in [0.4, 0.5) is 5.69 Å². The van der Waals surface area contributed by atoms with E-state index in [-0.39, 0.29) is 23.1 Å². The van der Waals surface area contributed by atoms with Gasteiger partial charge in [-0.15, -0.1) is 5.10 Å². The maximum atomic E-state index is 12.1. The molecule has 1 heterocycles. The van der Waals surface area contributed by atoms with Gasteiger partial charge in [0.15, 0.2) is 0 Å². The highest BCUT2D eigenvalue weighted by atomic mass is 35.5. The number of carbonyl (C=O) groups is 1. The highest BCUT2D eigenvalue weighted by Gasteiger charge is 2.13. The molecule has 10 heteroatoms. The summed E-state index contributed by atoms with van der Waals surface area (Å²) in [7, 11) is 0. The summed E-state index contributed by atoms with van der Waals surface area (Å²) >= 11 is 12.9. The number of hydrogen-bond donors (Lipinski definition) is 2. The molecule has 0 bridgehead atoms. The lowest BCUT2D eigenvalue weighted by Crippen LogP contribution is -2.14. The van der Waals surface area contributed by atoms with Gasteiger partial charge < -0.3 is 10.4 Å². The Kier molecular flexibility index (Phi) is 5.42. The minimum absolute atomic E-state index is 0.0555. The van der Waals surface area contributed by atoms with Crippen LogP contribution in [0.3, 0.4) is 0 Å². The Balaban J connectivity index is 1.66. The van der Waals surface area contributed by atoms with Crippen LogP contribution in [-0.4, -0.2) is 37.0 Å². The monoisotopic (exact) mass is 395 g/mol. The zero-order chi connectivity index (χ0) is 17.8. The van der Waals surface area contributed by atoms with Crippen LogP contribution < -0.4 is 5.32 Å². The third kappa shape index (κ3) is 4.41. The molecule has 128 valence electrons. The second-order valence-corrected chi connectivity index (χ2v) is 6.66. The third-order valence-corrected chi connectivity index (χ3v) is 4.48. The predicted molar refractivity (Wildman–Crippen MR) is 96.6 cm³/mol. The van der Waals surface area contributed by atoms with Crippen molar-refractivity contribution < 1.29 is 9.90 Å². The van der Waals surface area contributed by atoms with Gasteiger partial charge in [-0.1, -0.05) is 35.0 Å². The van der Waals surface area contributed by atoms with Crippen molar-refractivity contribution in [2.45, 2.75) is 5.16 Å². The van der Waals surface area contributed by atoms with Crippen LogP contribution in [0.15, 0.2) is 47.6 Å². The fourth-order valence-electron chi connectivity index (χ4n) is 1.94. The van der Waals surface area contributed by atoms with Crippen molar-refractivity contribution in [2.24, 2.45) is 0 Å². The Morgan fingerprint density at radius 2 is 1.88 bits per heavy atom. The molecule has 0 fully saturated rings. The van der Waals surface area contributed by atoms with Gasteiger partial charge in [0.2, 0.25) is 11.1 Å². The largest absolute Gasteiger partial charge is 0.506 e. The van der Waals surface area contributed by atoms with Crippen LogP contribution in [-0.2, 0) is 4.79 Å². The molecule has 1 amide bonds. The standard InChI is InChI=1S/C15H11Cl2N5O2S/c16-9-1-4-11(5-2-9)22-15(19-20-21-22)25-8-14(24)18-12-7-10(17)3-6-13(12)23/h1-7,23H,8H2,(H,18,24). The molecular weight excluding hydrogens is 385 g/mol. The van der Waals surface area contributed by atoms with E-state index < -0.39 is 0 Å². The van der Waals surface area contributed by atoms with Crippen LogP contribution in [0.5, 0.6) is 5.75 Å². The summed E-state index contributed by atoms with van der Waals surface area (Å²) in [5, 5.41) is 25.2. The van der Waals surface area contributed by atoms with E-state index in [0.29, 0.717) is 15.2 Å². The van der Waals surface area contributed by atoms with Gasteiger partial charge in [0.05, 0.1) is 17.1 Å². The molecule has 0 atom stereocenters. The number of phenols is 1. The Morgan fingerprint density at radius 3 is 2.64 bits per heavy atom. The number of amides is 1. The van der Waals surface area contributed by atoms with Gasteiger partial charge >= 0.3 is 0 Å². The van der Waals surface area contributed by atoms with E-state index in [9.17, 15) is 9.90 Å². The predicted octanol–water partition coefficient (Wildman–Crippen LogP) is 3.41. The number of halogens is 2. The first-order valence-corrected chi connectivity index (χ1v) is 8.72. The van der Waals surface area contributed by atoms with Crippen molar-refractivity contribution >= 4 is 46.6 Å². The van der Waals surface area contributed by atoms with Crippen molar-refractivity contribution in [2.75, 3.05) is 11.1 Å². The summed E-state index contributed by atoms with van der Waals surface area (Å²) in [5.41, 5.74) is 0.972. The number of thioether (sulfide) groups is 1. The van der Waals surface area contributed by atoms with Crippen LogP contribution >= 0.6 is 35.0 Å². The van der Waals surface area contributed by atoms with Crippen molar-refractivity contribution in [1.29, 1.82) is 0 Å². The topological polar surface area (TPSA) is 92.9 Å². The lowest BCUT2D eigenvalue weighted by atomic mass is 10.3. The van der Waals surface area contributed by atoms with Gasteiger partial charge in [-0.05, 0) is 52.9 Å². The molecule has 25 heavy (non-hydrogen) atoms. The molecular formula is C15H11Cl2N5O2S. The van der Waals surface area contributed by atoms with E-state index >= 15 is 0 Å². The number of hydrogen-bond acceptors (Lipinski definition) is 6. The van der Waals surface area contributed by atoms with E-state index in [1.807, 2.05) is 0 Å². The second-order valence-electron chi connectivity index (χ2n) is 4.85. The van der Waals surface area contributed by atoms with Gasteiger partial charge in [0.1, 0.15) is 5.75 Å². The Labute approximate surface area is 156 Å². The van der Waals surface area contributed by atoms with Crippen LogP contribution in [0.2, 0.25) is 10.0 Å². The highest BCUT2D eigenvalue weighted by Crippen LogP contribution is 2.27. The average Bonchev–Trinajstić information content (AvgIpc) is 3.05. The Hall–Kier alpha value is -2.29. The number of nitrogens with zero attached hydrogens (tertiary/aromatic N) is 4. The van der Waals surface area contributed by atoms with Gasteiger partial charge in [0, 0.05) is 10.0 Å². The zero-order valence-electron chi connectivity index (χ0n) is 12.6. The number of carbonyl (C=O) groups excluding carboxylic acids is 1. The van der Waals surface area contributed by atoms with Crippen molar-refractivity contribution in [3.63, 3.8) is 0 Å². The maximum absolute atomic E-state index is 12.1. The van der Waals surface area contributed by atoms with Gasteiger partial charge in [0.25, 0.3) is 0 Å². The molecule has 0 saturated heterocycles. The van der Waals surface area contributed by atoms with E-state index in [1.54, 1.807) is 24.3 Å². The zero-order valence-corrected chi connectivity index (χ0v) is 14.9. The first-order chi connectivity index (χ1) is 12.0. The molecule has 0 radical (unpaired) electrons. The molecule has 0 aliphatic heterocycles. The summed E-state index contributed by atoms with van der Waals surface area (Å²) < 4.78 is 1.51. The molecule has 0 saturated carbocycles. The number of nitrogens with one attached hydrogen (secondary N) is 1. The molecule has 7 nitrogen and oxygen atoms in total. The molecule has 2 N–H and O–H groups in total. The number of aromatic nitrogens is 4. The minimum atomic E-state index is -0.326. The fourth-order valence-corrected chi connectivity index (χ4v) is 2.93. The summed E-state index contributed by atoms with van der Waals surface area (Å²) in [4.78, 5) is 12.1. The Morgan fingerprint density at radius 1 is 1.16 bits per heavy atom.